The SMILES string of the molecule is Cc1cc(-c2cnc3c(N(CCC(F)(F)F)C(=O)O)cc(Oc4cccc(F)c4)cn23)ccc1C(=O)NC1CC1. The molecule has 0 unspecified atom stereocenters. The summed E-state index contributed by atoms with van der Waals surface area (Å²) in [6.07, 6.45) is -2.75. The summed E-state index contributed by atoms with van der Waals surface area (Å²) in [6, 6.07) is 11.8. The molecule has 2 aromatic heterocycles. The van der Waals surface area contributed by atoms with E-state index in [-0.39, 0.29) is 34.8 Å². The highest BCUT2D eigenvalue weighted by molar-refractivity contribution is 5.97. The second-order valence-corrected chi connectivity index (χ2v) is 9.53. The molecule has 1 saturated carbocycles. The van der Waals surface area contributed by atoms with Crippen LogP contribution in [-0.2, 0) is 0 Å². The van der Waals surface area contributed by atoms with E-state index < -0.39 is 31.1 Å². The zero-order chi connectivity index (χ0) is 28.6. The number of pyridine rings is 1. The maximum absolute atomic E-state index is 13.8. The number of hydrogen-bond donors (Lipinski definition) is 2. The number of anilines is 1. The average Bonchev–Trinajstić information content (AvgIpc) is 3.58. The highest BCUT2D eigenvalue weighted by atomic mass is 19.4. The second kappa shape index (κ2) is 10.5. The van der Waals surface area contributed by atoms with E-state index >= 15 is 0 Å². The van der Waals surface area contributed by atoms with E-state index in [1.165, 1.54) is 41.1 Å². The molecule has 0 bridgehead atoms. The van der Waals surface area contributed by atoms with Crippen molar-refractivity contribution in [3.63, 3.8) is 0 Å². The number of imidazole rings is 1. The number of ether oxygens (including phenoxy) is 1. The van der Waals surface area contributed by atoms with E-state index in [4.69, 9.17) is 4.74 Å². The lowest BCUT2D eigenvalue weighted by atomic mass is 10.0. The smallest absolute Gasteiger partial charge is 0.411 e. The first kappa shape index (κ1) is 27.0. The van der Waals surface area contributed by atoms with E-state index in [2.05, 4.69) is 10.3 Å². The number of benzene rings is 2. The Bertz CT molecular complexity index is 1600. The number of carbonyl (C=O) groups excluding carboxylic acids is 1. The Hall–Kier alpha value is -4.61. The van der Waals surface area contributed by atoms with Crippen LogP contribution in [0.25, 0.3) is 16.9 Å². The van der Waals surface area contributed by atoms with Crippen LogP contribution in [-0.4, -0.2) is 45.3 Å². The van der Waals surface area contributed by atoms with Crippen LogP contribution in [0.3, 0.4) is 0 Å². The maximum Gasteiger partial charge on any atom is 0.411 e. The van der Waals surface area contributed by atoms with E-state index in [0.717, 1.165) is 18.9 Å². The number of nitrogens with one attached hydrogen (secondary N) is 1. The Morgan fingerprint density at radius 1 is 1.15 bits per heavy atom. The van der Waals surface area contributed by atoms with Gasteiger partial charge >= 0.3 is 12.3 Å². The minimum atomic E-state index is -4.59. The summed E-state index contributed by atoms with van der Waals surface area (Å²) in [6.45, 7) is 0.909. The van der Waals surface area contributed by atoms with Crippen molar-refractivity contribution in [2.75, 3.05) is 11.4 Å². The zero-order valence-electron chi connectivity index (χ0n) is 21.2. The number of halogens is 4. The Labute approximate surface area is 225 Å². The van der Waals surface area contributed by atoms with Gasteiger partial charge in [0.15, 0.2) is 5.65 Å². The number of carboxylic acid groups (broad SMARTS) is 1. The lowest BCUT2D eigenvalue weighted by Gasteiger charge is -2.22. The molecular formula is C28H24F4N4O4. The highest BCUT2D eigenvalue weighted by Gasteiger charge is 2.31. The minimum absolute atomic E-state index is 0.0442. The number of aryl methyl sites for hydroxylation is 1. The maximum atomic E-state index is 13.8. The van der Waals surface area contributed by atoms with Gasteiger partial charge in [-0.2, -0.15) is 13.2 Å². The zero-order valence-corrected chi connectivity index (χ0v) is 21.2. The predicted molar refractivity (Wildman–Crippen MR) is 138 cm³/mol. The van der Waals surface area contributed by atoms with Crippen molar-refractivity contribution in [3.8, 4) is 22.8 Å². The molecule has 2 heterocycles. The molecule has 4 aromatic rings. The molecule has 0 atom stereocenters. The first-order valence-corrected chi connectivity index (χ1v) is 12.4. The summed E-state index contributed by atoms with van der Waals surface area (Å²) in [5, 5.41) is 12.7. The summed E-state index contributed by atoms with van der Waals surface area (Å²) in [5.74, 6) is -0.603. The third-order valence-electron chi connectivity index (χ3n) is 6.41. The number of carbonyl (C=O) groups is 2. The summed E-state index contributed by atoms with van der Waals surface area (Å²) in [5.41, 5.74) is 2.21. The Morgan fingerprint density at radius 2 is 1.93 bits per heavy atom. The summed E-state index contributed by atoms with van der Waals surface area (Å²) < 4.78 is 60.1. The third-order valence-corrected chi connectivity index (χ3v) is 6.41. The number of amides is 2. The Kier molecular flexibility index (Phi) is 7.09. The Balaban J connectivity index is 1.59. The van der Waals surface area contributed by atoms with Crippen molar-refractivity contribution < 1.29 is 37.0 Å². The van der Waals surface area contributed by atoms with Gasteiger partial charge in [-0.15, -0.1) is 0 Å². The number of fused-ring (bicyclic) bond motifs is 1. The third kappa shape index (κ3) is 6.00. The first-order chi connectivity index (χ1) is 19.0. The van der Waals surface area contributed by atoms with Gasteiger partial charge in [-0.3, -0.25) is 14.1 Å². The van der Waals surface area contributed by atoms with Gasteiger partial charge in [-0.25, -0.2) is 14.2 Å². The van der Waals surface area contributed by atoms with Crippen LogP contribution >= 0.6 is 0 Å². The van der Waals surface area contributed by atoms with Gasteiger partial charge < -0.3 is 15.2 Å². The van der Waals surface area contributed by atoms with Crippen molar-refractivity contribution >= 4 is 23.3 Å². The van der Waals surface area contributed by atoms with E-state index in [1.807, 2.05) is 0 Å². The summed E-state index contributed by atoms with van der Waals surface area (Å²) in [7, 11) is 0. The van der Waals surface area contributed by atoms with Gasteiger partial charge in [0.2, 0.25) is 0 Å². The molecule has 8 nitrogen and oxygen atoms in total. The first-order valence-electron chi connectivity index (χ1n) is 12.4. The van der Waals surface area contributed by atoms with Gasteiger partial charge in [0, 0.05) is 35.8 Å². The molecule has 2 N–H and O–H groups in total. The van der Waals surface area contributed by atoms with Crippen LogP contribution in [0.5, 0.6) is 11.5 Å². The molecule has 0 aliphatic heterocycles. The molecule has 1 aliphatic rings. The van der Waals surface area contributed by atoms with Gasteiger partial charge in [0.25, 0.3) is 5.91 Å². The van der Waals surface area contributed by atoms with Gasteiger partial charge in [0.1, 0.15) is 17.3 Å². The largest absolute Gasteiger partial charge is 0.465 e. The highest BCUT2D eigenvalue weighted by Crippen LogP contribution is 2.34. The van der Waals surface area contributed by atoms with Crippen LogP contribution < -0.4 is 15.0 Å². The van der Waals surface area contributed by atoms with Gasteiger partial charge in [-0.1, -0.05) is 12.1 Å². The van der Waals surface area contributed by atoms with E-state index in [1.54, 1.807) is 25.1 Å². The van der Waals surface area contributed by atoms with Crippen molar-refractivity contribution in [1.29, 1.82) is 0 Å². The van der Waals surface area contributed by atoms with Gasteiger partial charge in [0.05, 0.1) is 30.2 Å². The average molecular weight is 557 g/mol. The van der Waals surface area contributed by atoms with Crippen LogP contribution in [0.2, 0.25) is 0 Å². The second-order valence-electron chi connectivity index (χ2n) is 9.53. The fourth-order valence-electron chi connectivity index (χ4n) is 4.31. The molecule has 1 aliphatic carbocycles. The number of nitrogens with zero attached hydrogens (tertiary/aromatic N) is 3. The van der Waals surface area contributed by atoms with Gasteiger partial charge in [-0.05, 0) is 49.6 Å². The molecule has 1 fully saturated rings. The fraction of sp³-hybridized carbons (Fsp3) is 0.250. The topological polar surface area (TPSA) is 96.2 Å². The van der Waals surface area contributed by atoms with Crippen molar-refractivity contribution in [2.45, 2.75) is 38.4 Å². The standard InChI is InChI=1S/C28H24F4N4O4/c1-16-11-17(5-8-22(16)26(37)34-19-6-7-19)24-14-33-25-23(35(27(38)39)10-9-28(30,31)32)13-21(15-36(24)25)40-20-4-2-3-18(29)12-20/h2-5,8,11-15,19H,6-7,9-10H2,1H3,(H,34,37)(H,38,39). The molecule has 0 spiro atoms. The lowest BCUT2D eigenvalue weighted by Crippen LogP contribution is -2.33. The normalized spacial score (nSPS) is 13.3. The van der Waals surface area contributed by atoms with Crippen LogP contribution in [0.4, 0.5) is 28.0 Å². The summed E-state index contributed by atoms with van der Waals surface area (Å²) in [4.78, 5) is 29.5. The minimum Gasteiger partial charge on any atom is -0.465 e. The van der Waals surface area contributed by atoms with Crippen LogP contribution in [0.15, 0.2) is 60.9 Å². The fourth-order valence-corrected chi connectivity index (χ4v) is 4.31. The van der Waals surface area contributed by atoms with Crippen molar-refractivity contribution in [3.05, 3.63) is 77.9 Å². The van der Waals surface area contributed by atoms with E-state index in [0.29, 0.717) is 27.3 Å². The number of hydrogen-bond acceptors (Lipinski definition) is 4. The quantitative estimate of drug-likeness (QED) is 0.239. The molecule has 2 amide bonds. The number of aromatic nitrogens is 2. The van der Waals surface area contributed by atoms with E-state index in [9.17, 15) is 32.3 Å². The molecule has 0 radical (unpaired) electrons. The Morgan fingerprint density at radius 3 is 2.58 bits per heavy atom. The van der Waals surface area contributed by atoms with Crippen molar-refractivity contribution in [2.24, 2.45) is 0 Å². The monoisotopic (exact) mass is 556 g/mol. The molecule has 5 rings (SSSR count). The lowest BCUT2D eigenvalue weighted by molar-refractivity contribution is -0.132. The predicted octanol–water partition coefficient (Wildman–Crippen LogP) is 6.57. The van der Waals surface area contributed by atoms with Crippen LogP contribution in [0.1, 0.15) is 35.2 Å². The van der Waals surface area contributed by atoms with Crippen molar-refractivity contribution in [1.82, 2.24) is 14.7 Å². The molecule has 0 saturated heterocycles. The molecule has 2 aromatic carbocycles. The van der Waals surface area contributed by atoms with Crippen LogP contribution in [0, 0.1) is 12.7 Å². The number of rotatable bonds is 8. The molecule has 12 heteroatoms. The molecule has 208 valence electrons. The summed E-state index contributed by atoms with van der Waals surface area (Å²) >= 11 is 0. The molecule has 40 heavy (non-hydrogen) atoms. The molecular weight excluding hydrogens is 532 g/mol. The number of alkyl halides is 3.